The highest BCUT2D eigenvalue weighted by atomic mass is 32.2. The van der Waals surface area contributed by atoms with Crippen LogP contribution >= 0.6 is 11.3 Å². The van der Waals surface area contributed by atoms with E-state index in [0.717, 1.165) is 22.1 Å². The van der Waals surface area contributed by atoms with Crippen LogP contribution in [0.2, 0.25) is 0 Å². The number of nitrogens with one attached hydrogen (secondary N) is 2. The van der Waals surface area contributed by atoms with Crippen molar-refractivity contribution in [3.8, 4) is 5.75 Å². The van der Waals surface area contributed by atoms with E-state index in [0.29, 0.717) is 17.9 Å². The van der Waals surface area contributed by atoms with Crippen LogP contribution in [0, 0.1) is 0 Å². The number of thiazole rings is 1. The first-order chi connectivity index (χ1) is 14.9. The zero-order chi connectivity index (χ0) is 21.8. The Hall–Kier alpha value is -2.98. The Balaban J connectivity index is 1.32. The number of amides is 1. The summed E-state index contributed by atoms with van der Waals surface area (Å²) in [6, 6.07) is 11.1. The van der Waals surface area contributed by atoms with E-state index in [1.807, 2.05) is 35.7 Å². The van der Waals surface area contributed by atoms with E-state index < -0.39 is 9.84 Å². The lowest BCUT2D eigenvalue weighted by Gasteiger charge is -2.09. The number of carbonyl (C=O) groups excluding carboxylic acids is 1. The molecule has 1 saturated heterocycles. The van der Waals surface area contributed by atoms with Crippen LogP contribution in [0.15, 0.2) is 48.0 Å². The summed E-state index contributed by atoms with van der Waals surface area (Å²) in [5, 5.41) is 8.59. The first kappa shape index (κ1) is 21.3. The highest BCUT2D eigenvalue weighted by Crippen LogP contribution is 2.31. The molecule has 3 aromatic rings. The van der Waals surface area contributed by atoms with Crippen molar-refractivity contribution in [1.29, 1.82) is 0 Å². The second-order valence-corrected chi connectivity index (χ2v) is 10.4. The van der Waals surface area contributed by atoms with Crippen molar-refractivity contribution in [3.63, 3.8) is 0 Å². The molecule has 4 rings (SSSR count). The number of sulfone groups is 1. The van der Waals surface area contributed by atoms with E-state index in [-0.39, 0.29) is 29.8 Å². The molecule has 1 aliphatic heterocycles. The zero-order valence-electron chi connectivity index (χ0n) is 16.9. The van der Waals surface area contributed by atoms with Gasteiger partial charge in [-0.3, -0.25) is 4.79 Å². The van der Waals surface area contributed by atoms with Crippen molar-refractivity contribution in [2.45, 2.75) is 18.8 Å². The van der Waals surface area contributed by atoms with Crippen LogP contribution in [0.4, 0.5) is 17.2 Å². The number of hydrogen-bond donors (Lipinski definition) is 2. The molecule has 2 aromatic heterocycles. The van der Waals surface area contributed by atoms with Gasteiger partial charge in [-0.25, -0.2) is 18.4 Å². The molecule has 0 spiro atoms. The van der Waals surface area contributed by atoms with Crippen molar-refractivity contribution in [1.82, 2.24) is 9.97 Å². The van der Waals surface area contributed by atoms with Gasteiger partial charge in [0.1, 0.15) is 11.6 Å². The lowest BCUT2D eigenvalue weighted by Crippen LogP contribution is -2.15. The number of methoxy groups -OCH3 is 1. The Labute approximate surface area is 184 Å². The van der Waals surface area contributed by atoms with Gasteiger partial charge < -0.3 is 15.4 Å². The predicted octanol–water partition coefficient (Wildman–Crippen LogP) is 3.37. The molecule has 2 N–H and O–H groups in total. The van der Waals surface area contributed by atoms with Crippen LogP contribution in [-0.2, 0) is 21.1 Å². The highest BCUT2D eigenvalue weighted by molar-refractivity contribution is 7.91. The van der Waals surface area contributed by atoms with Crippen LogP contribution < -0.4 is 15.4 Å². The molecule has 0 aliphatic carbocycles. The summed E-state index contributed by atoms with van der Waals surface area (Å²) >= 11 is 1.41. The van der Waals surface area contributed by atoms with Gasteiger partial charge in [-0.2, -0.15) is 0 Å². The minimum atomic E-state index is -2.96. The first-order valence-corrected chi connectivity index (χ1v) is 12.4. The molecule has 1 amide bonds. The number of rotatable bonds is 7. The van der Waals surface area contributed by atoms with Gasteiger partial charge in [0.2, 0.25) is 5.91 Å². The Morgan fingerprint density at radius 2 is 2.13 bits per heavy atom. The topological polar surface area (TPSA) is 110 Å². The summed E-state index contributed by atoms with van der Waals surface area (Å²) in [7, 11) is -1.34. The fourth-order valence-electron chi connectivity index (χ4n) is 3.34. The van der Waals surface area contributed by atoms with Gasteiger partial charge in [0.05, 0.1) is 47.6 Å². The zero-order valence-corrected chi connectivity index (χ0v) is 18.5. The summed E-state index contributed by atoms with van der Waals surface area (Å²) in [5.41, 5.74) is 2.28. The van der Waals surface area contributed by atoms with Crippen molar-refractivity contribution in [2.24, 2.45) is 0 Å². The third-order valence-corrected chi connectivity index (χ3v) is 7.71. The number of ether oxygens (including phenoxy) is 1. The van der Waals surface area contributed by atoms with E-state index in [1.54, 1.807) is 19.4 Å². The lowest BCUT2D eigenvalue weighted by atomic mass is 10.1. The van der Waals surface area contributed by atoms with Crippen molar-refractivity contribution in [3.05, 3.63) is 58.7 Å². The largest absolute Gasteiger partial charge is 0.497 e. The van der Waals surface area contributed by atoms with Gasteiger partial charge in [0, 0.05) is 23.1 Å². The number of pyridine rings is 1. The fourth-order valence-corrected chi connectivity index (χ4v) is 6.15. The SMILES string of the molecule is COc1cccc(Nc2ccc(NC(=O)Cc3csc(C4CCS(=O)(=O)C4)n3)nc2)c1. The molecule has 3 heterocycles. The second kappa shape index (κ2) is 9.03. The Kier molecular flexibility index (Phi) is 6.19. The maximum absolute atomic E-state index is 12.4. The quantitative estimate of drug-likeness (QED) is 0.558. The Morgan fingerprint density at radius 1 is 1.26 bits per heavy atom. The average molecular weight is 459 g/mol. The maximum Gasteiger partial charge on any atom is 0.231 e. The number of aromatic nitrogens is 2. The third-order valence-electron chi connectivity index (χ3n) is 4.88. The van der Waals surface area contributed by atoms with Crippen molar-refractivity contribution < 1.29 is 17.9 Å². The number of hydrogen-bond acceptors (Lipinski definition) is 8. The molecule has 8 nitrogen and oxygen atoms in total. The average Bonchev–Trinajstić information content (AvgIpc) is 3.35. The van der Waals surface area contributed by atoms with E-state index in [4.69, 9.17) is 4.74 Å². The molecule has 31 heavy (non-hydrogen) atoms. The molecule has 0 saturated carbocycles. The Bertz CT molecular complexity index is 1180. The molecule has 1 atom stereocenters. The number of benzene rings is 1. The van der Waals surface area contributed by atoms with E-state index in [1.165, 1.54) is 11.3 Å². The first-order valence-electron chi connectivity index (χ1n) is 9.72. The number of anilines is 3. The van der Waals surface area contributed by atoms with E-state index in [2.05, 4.69) is 20.6 Å². The summed E-state index contributed by atoms with van der Waals surface area (Å²) < 4.78 is 28.5. The van der Waals surface area contributed by atoms with Gasteiger partial charge in [0.25, 0.3) is 0 Å². The summed E-state index contributed by atoms with van der Waals surface area (Å²) in [5.74, 6) is 1.27. The minimum Gasteiger partial charge on any atom is -0.497 e. The molecule has 1 aliphatic rings. The number of carbonyl (C=O) groups is 1. The molecular formula is C21H22N4O4S2. The highest BCUT2D eigenvalue weighted by Gasteiger charge is 2.31. The van der Waals surface area contributed by atoms with Crippen LogP contribution in [0.5, 0.6) is 5.75 Å². The van der Waals surface area contributed by atoms with Crippen LogP contribution in [-0.4, -0.2) is 42.9 Å². The van der Waals surface area contributed by atoms with Crippen LogP contribution in [0.3, 0.4) is 0 Å². The molecule has 1 aromatic carbocycles. The van der Waals surface area contributed by atoms with Crippen LogP contribution in [0.25, 0.3) is 0 Å². The van der Waals surface area contributed by atoms with E-state index in [9.17, 15) is 13.2 Å². The summed E-state index contributed by atoms with van der Waals surface area (Å²) in [4.78, 5) is 21.1. The Morgan fingerprint density at radius 3 is 2.84 bits per heavy atom. The summed E-state index contributed by atoms with van der Waals surface area (Å²) in [6.45, 7) is 0. The van der Waals surface area contributed by atoms with Gasteiger partial charge in [-0.15, -0.1) is 11.3 Å². The smallest absolute Gasteiger partial charge is 0.231 e. The van der Waals surface area contributed by atoms with E-state index >= 15 is 0 Å². The van der Waals surface area contributed by atoms with Gasteiger partial charge in [-0.1, -0.05) is 6.07 Å². The standard InChI is InChI=1S/C21H22N4O4S2/c1-29-18-4-2-3-15(9-18)23-16-5-6-19(22-11-16)25-20(26)10-17-12-30-21(24-17)14-7-8-31(27,28)13-14/h2-6,9,11-12,14,23H,7-8,10,13H2,1H3,(H,22,25,26). The molecule has 1 fully saturated rings. The minimum absolute atomic E-state index is 0.0573. The molecule has 0 bridgehead atoms. The van der Waals surface area contributed by atoms with Gasteiger partial charge in [-0.05, 0) is 30.7 Å². The second-order valence-electron chi connectivity index (χ2n) is 7.29. The lowest BCUT2D eigenvalue weighted by molar-refractivity contribution is -0.115. The van der Waals surface area contributed by atoms with Gasteiger partial charge in [0.15, 0.2) is 9.84 Å². The molecule has 10 heteroatoms. The third kappa shape index (κ3) is 5.59. The van der Waals surface area contributed by atoms with Crippen molar-refractivity contribution >= 4 is 44.3 Å². The van der Waals surface area contributed by atoms with Crippen molar-refractivity contribution in [2.75, 3.05) is 29.2 Å². The number of nitrogens with zero attached hydrogens (tertiary/aromatic N) is 2. The summed E-state index contributed by atoms with van der Waals surface area (Å²) in [6.07, 6.45) is 2.35. The normalized spacial score (nSPS) is 17.3. The predicted molar refractivity (Wildman–Crippen MR) is 121 cm³/mol. The monoisotopic (exact) mass is 458 g/mol. The fraction of sp³-hybridized carbons (Fsp3) is 0.286. The maximum atomic E-state index is 12.4. The molecule has 0 radical (unpaired) electrons. The molecular weight excluding hydrogens is 436 g/mol. The van der Waals surface area contributed by atoms with Gasteiger partial charge >= 0.3 is 0 Å². The molecule has 162 valence electrons. The van der Waals surface area contributed by atoms with Crippen LogP contribution in [0.1, 0.15) is 23.0 Å². The molecule has 1 unspecified atom stereocenters.